The van der Waals surface area contributed by atoms with Crippen molar-refractivity contribution in [3.8, 4) is 0 Å². The lowest BCUT2D eigenvalue weighted by Gasteiger charge is -2.23. The SMILES string of the molecule is CCNCc1ccc(N2CCC(C)(C)C2)c(Cl)c1. The zero-order chi connectivity index (χ0) is 13.2. The highest BCUT2D eigenvalue weighted by Gasteiger charge is 2.30. The predicted octanol–water partition coefficient (Wildman–Crippen LogP) is 3.69. The molecule has 0 saturated carbocycles. The van der Waals surface area contributed by atoms with Crippen LogP contribution >= 0.6 is 11.6 Å². The van der Waals surface area contributed by atoms with Crippen LogP contribution in [0.25, 0.3) is 0 Å². The van der Waals surface area contributed by atoms with E-state index >= 15 is 0 Å². The van der Waals surface area contributed by atoms with Gasteiger partial charge in [0, 0.05) is 19.6 Å². The van der Waals surface area contributed by atoms with Gasteiger partial charge in [0.25, 0.3) is 0 Å². The molecule has 1 fully saturated rings. The van der Waals surface area contributed by atoms with Gasteiger partial charge in [0.15, 0.2) is 0 Å². The number of rotatable bonds is 4. The van der Waals surface area contributed by atoms with Crippen molar-refractivity contribution in [2.24, 2.45) is 5.41 Å². The molecule has 1 saturated heterocycles. The van der Waals surface area contributed by atoms with Gasteiger partial charge in [-0.3, -0.25) is 0 Å². The summed E-state index contributed by atoms with van der Waals surface area (Å²) in [6.45, 7) is 10.8. The molecule has 1 aliphatic rings. The zero-order valence-electron chi connectivity index (χ0n) is 11.6. The standard InChI is InChI=1S/C15H23ClN2/c1-4-17-10-12-5-6-14(13(16)9-12)18-8-7-15(2,3)11-18/h5-6,9,17H,4,7-8,10-11H2,1-3H3. The Bertz CT molecular complexity index is 415. The highest BCUT2D eigenvalue weighted by atomic mass is 35.5. The Hall–Kier alpha value is -0.730. The quantitative estimate of drug-likeness (QED) is 0.894. The molecule has 0 aliphatic carbocycles. The number of benzene rings is 1. The number of hydrogen-bond acceptors (Lipinski definition) is 2. The van der Waals surface area contributed by atoms with Gasteiger partial charge in [-0.25, -0.2) is 0 Å². The van der Waals surface area contributed by atoms with Gasteiger partial charge in [0.2, 0.25) is 0 Å². The molecule has 18 heavy (non-hydrogen) atoms. The van der Waals surface area contributed by atoms with Gasteiger partial charge in [-0.2, -0.15) is 0 Å². The van der Waals surface area contributed by atoms with Gasteiger partial charge in [-0.1, -0.05) is 38.4 Å². The van der Waals surface area contributed by atoms with E-state index in [1.54, 1.807) is 0 Å². The second kappa shape index (κ2) is 5.50. The van der Waals surface area contributed by atoms with Crippen LogP contribution in [-0.4, -0.2) is 19.6 Å². The smallest absolute Gasteiger partial charge is 0.0642 e. The van der Waals surface area contributed by atoms with Crippen LogP contribution in [0.15, 0.2) is 18.2 Å². The monoisotopic (exact) mass is 266 g/mol. The summed E-state index contributed by atoms with van der Waals surface area (Å²) in [7, 11) is 0. The fourth-order valence-electron chi connectivity index (χ4n) is 2.50. The van der Waals surface area contributed by atoms with E-state index in [-0.39, 0.29) is 0 Å². The number of nitrogens with zero attached hydrogens (tertiary/aromatic N) is 1. The third-order valence-electron chi connectivity index (χ3n) is 3.61. The fourth-order valence-corrected chi connectivity index (χ4v) is 2.83. The summed E-state index contributed by atoms with van der Waals surface area (Å²) < 4.78 is 0. The Kier molecular flexibility index (Phi) is 4.18. The molecule has 0 amide bonds. The van der Waals surface area contributed by atoms with Crippen molar-refractivity contribution >= 4 is 17.3 Å². The summed E-state index contributed by atoms with van der Waals surface area (Å²) in [5, 5.41) is 4.20. The van der Waals surface area contributed by atoms with Crippen molar-refractivity contribution in [3.05, 3.63) is 28.8 Å². The minimum absolute atomic E-state index is 0.408. The third-order valence-corrected chi connectivity index (χ3v) is 3.91. The van der Waals surface area contributed by atoms with Crippen LogP contribution in [0.4, 0.5) is 5.69 Å². The minimum Gasteiger partial charge on any atom is -0.370 e. The summed E-state index contributed by atoms with van der Waals surface area (Å²) in [6.07, 6.45) is 1.24. The molecule has 2 rings (SSSR count). The predicted molar refractivity (Wildman–Crippen MR) is 79.4 cm³/mol. The first-order chi connectivity index (χ1) is 8.52. The topological polar surface area (TPSA) is 15.3 Å². The maximum atomic E-state index is 6.41. The number of hydrogen-bond donors (Lipinski definition) is 1. The Morgan fingerprint density at radius 3 is 2.72 bits per heavy atom. The summed E-state index contributed by atoms with van der Waals surface area (Å²) in [5.41, 5.74) is 2.85. The maximum absolute atomic E-state index is 6.41. The van der Waals surface area contributed by atoms with E-state index in [1.807, 2.05) is 0 Å². The van der Waals surface area contributed by atoms with Crippen molar-refractivity contribution in [1.29, 1.82) is 0 Å². The van der Waals surface area contributed by atoms with E-state index in [0.29, 0.717) is 5.41 Å². The number of halogens is 1. The van der Waals surface area contributed by atoms with E-state index in [4.69, 9.17) is 11.6 Å². The summed E-state index contributed by atoms with van der Waals surface area (Å²) in [6, 6.07) is 6.43. The van der Waals surface area contributed by atoms with Crippen molar-refractivity contribution in [2.45, 2.75) is 33.7 Å². The van der Waals surface area contributed by atoms with Gasteiger partial charge in [-0.05, 0) is 36.1 Å². The van der Waals surface area contributed by atoms with Crippen molar-refractivity contribution in [1.82, 2.24) is 5.32 Å². The largest absolute Gasteiger partial charge is 0.370 e. The molecule has 1 heterocycles. The Morgan fingerprint density at radius 1 is 1.39 bits per heavy atom. The van der Waals surface area contributed by atoms with Crippen LogP contribution in [0.2, 0.25) is 5.02 Å². The minimum atomic E-state index is 0.408. The number of anilines is 1. The van der Waals surface area contributed by atoms with Gasteiger partial charge in [-0.15, -0.1) is 0 Å². The first-order valence-corrected chi connectivity index (χ1v) is 7.14. The van der Waals surface area contributed by atoms with Crippen molar-refractivity contribution < 1.29 is 0 Å². The Labute approximate surface area is 115 Å². The molecule has 3 heteroatoms. The lowest BCUT2D eigenvalue weighted by Crippen LogP contribution is -2.23. The lowest BCUT2D eigenvalue weighted by atomic mass is 9.93. The fraction of sp³-hybridized carbons (Fsp3) is 0.600. The van der Waals surface area contributed by atoms with Gasteiger partial charge in [0.1, 0.15) is 0 Å². The van der Waals surface area contributed by atoms with Crippen LogP contribution in [0, 0.1) is 5.41 Å². The zero-order valence-corrected chi connectivity index (χ0v) is 12.3. The Morgan fingerprint density at radius 2 is 2.17 bits per heavy atom. The Balaban J connectivity index is 2.10. The van der Waals surface area contributed by atoms with E-state index in [2.05, 4.69) is 49.2 Å². The molecule has 1 aromatic rings. The molecule has 0 bridgehead atoms. The van der Waals surface area contributed by atoms with Crippen LogP contribution in [0.3, 0.4) is 0 Å². The molecular weight excluding hydrogens is 244 g/mol. The summed E-state index contributed by atoms with van der Waals surface area (Å²) in [5.74, 6) is 0. The average molecular weight is 267 g/mol. The molecule has 1 aliphatic heterocycles. The highest BCUT2D eigenvalue weighted by molar-refractivity contribution is 6.33. The van der Waals surface area contributed by atoms with Gasteiger partial charge >= 0.3 is 0 Å². The van der Waals surface area contributed by atoms with Crippen LogP contribution < -0.4 is 10.2 Å². The highest BCUT2D eigenvalue weighted by Crippen LogP contribution is 2.36. The van der Waals surface area contributed by atoms with E-state index < -0.39 is 0 Å². The molecule has 0 atom stereocenters. The first-order valence-electron chi connectivity index (χ1n) is 6.76. The molecule has 1 aromatic carbocycles. The van der Waals surface area contributed by atoms with E-state index in [9.17, 15) is 0 Å². The van der Waals surface area contributed by atoms with Gasteiger partial charge in [0.05, 0.1) is 10.7 Å². The number of nitrogens with one attached hydrogen (secondary N) is 1. The summed E-state index contributed by atoms with van der Waals surface area (Å²) in [4.78, 5) is 2.40. The normalized spacial score (nSPS) is 18.3. The van der Waals surface area contributed by atoms with Crippen LogP contribution in [0.1, 0.15) is 32.8 Å². The van der Waals surface area contributed by atoms with E-state index in [1.165, 1.54) is 17.7 Å². The molecule has 0 unspecified atom stereocenters. The molecular formula is C15H23ClN2. The summed E-state index contributed by atoms with van der Waals surface area (Å²) >= 11 is 6.41. The van der Waals surface area contributed by atoms with Crippen molar-refractivity contribution in [2.75, 3.05) is 24.5 Å². The molecule has 2 nitrogen and oxygen atoms in total. The van der Waals surface area contributed by atoms with Gasteiger partial charge < -0.3 is 10.2 Å². The lowest BCUT2D eigenvalue weighted by molar-refractivity contribution is 0.418. The maximum Gasteiger partial charge on any atom is 0.0642 e. The van der Waals surface area contributed by atoms with Crippen LogP contribution in [0.5, 0.6) is 0 Å². The third kappa shape index (κ3) is 3.18. The second-order valence-electron chi connectivity index (χ2n) is 5.90. The van der Waals surface area contributed by atoms with Crippen molar-refractivity contribution in [3.63, 3.8) is 0 Å². The molecule has 100 valence electrons. The second-order valence-corrected chi connectivity index (χ2v) is 6.31. The molecule has 0 radical (unpaired) electrons. The van der Waals surface area contributed by atoms with Crippen LogP contribution in [-0.2, 0) is 6.54 Å². The molecule has 1 N–H and O–H groups in total. The van der Waals surface area contributed by atoms with E-state index in [0.717, 1.165) is 31.2 Å². The molecule has 0 spiro atoms. The average Bonchev–Trinajstić information content (AvgIpc) is 2.67. The molecule has 0 aromatic heterocycles. The first kappa shape index (κ1) is 13.7.